The van der Waals surface area contributed by atoms with E-state index in [1.54, 1.807) is 19.1 Å². The van der Waals surface area contributed by atoms with Crippen molar-refractivity contribution in [2.75, 3.05) is 6.54 Å². The van der Waals surface area contributed by atoms with E-state index in [1.807, 2.05) is 9.58 Å². The number of hydrogen-bond acceptors (Lipinski definition) is 2. The first-order chi connectivity index (χ1) is 10.6. The SMILES string of the molecule is CCCn1nc(-c2ccc(F)cc2)c2c1CCN(C(C)=O)C2. The third-order valence-corrected chi connectivity index (χ3v) is 4.13. The molecule has 22 heavy (non-hydrogen) atoms. The Kier molecular flexibility index (Phi) is 3.96. The number of aryl methyl sites for hydroxylation is 1. The van der Waals surface area contributed by atoms with Gasteiger partial charge in [-0.3, -0.25) is 9.48 Å². The summed E-state index contributed by atoms with van der Waals surface area (Å²) in [5.74, 6) is -0.171. The van der Waals surface area contributed by atoms with E-state index in [9.17, 15) is 9.18 Å². The zero-order valence-electron chi connectivity index (χ0n) is 13.0. The fourth-order valence-corrected chi connectivity index (χ4v) is 3.00. The normalized spacial score (nSPS) is 14.0. The fraction of sp³-hybridized carbons (Fsp3) is 0.412. The van der Waals surface area contributed by atoms with E-state index in [-0.39, 0.29) is 11.7 Å². The van der Waals surface area contributed by atoms with Crippen molar-refractivity contribution in [3.8, 4) is 11.3 Å². The Bertz CT molecular complexity index is 691. The minimum atomic E-state index is -0.254. The first-order valence-corrected chi connectivity index (χ1v) is 7.70. The van der Waals surface area contributed by atoms with Gasteiger partial charge in [-0.1, -0.05) is 6.92 Å². The summed E-state index contributed by atoms with van der Waals surface area (Å²) in [7, 11) is 0. The van der Waals surface area contributed by atoms with E-state index in [0.29, 0.717) is 6.54 Å². The number of rotatable bonds is 3. The van der Waals surface area contributed by atoms with Crippen LogP contribution in [0.4, 0.5) is 4.39 Å². The molecule has 2 heterocycles. The molecule has 1 aliphatic rings. The first-order valence-electron chi connectivity index (χ1n) is 7.70. The summed E-state index contributed by atoms with van der Waals surface area (Å²) < 4.78 is 15.2. The van der Waals surface area contributed by atoms with Crippen LogP contribution in [0.15, 0.2) is 24.3 Å². The lowest BCUT2D eigenvalue weighted by molar-refractivity contribution is -0.129. The number of fused-ring (bicyclic) bond motifs is 1. The van der Waals surface area contributed by atoms with Crippen LogP contribution in [0.25, 0.3) is 11.3 Å². The second kappa shape index (κ2) is 5.91. The second-order valence-corrected chi connectivity index (χ2v) is 5.69. The van der Waals surface area contributed by atoms with Gasteiger partial charge < -0.3 is 4.90 Å². The van der Waals surface area contributed by atoms with Crippen molar-refractivity contribution in [3.05, 3.63) is 41.3 Å². The predicted molar refractivity (Wildman–Crippen MR) is 82.7 cm³/mol. The van der Waals surface area contributed by atoms with Crippen LogP contribution in [-0.2, 0) is 24.3 Å². The van der Waals surface area contributed by atoms with Crippen molar-refractivity contribution in [2.24, 2.45) is 0 Å². The molecule has 4 nitrogen and oxygen atoms in total. The molecular weight excluding hydrogens is 281 g/mol. The van der Waals surface area contributed by atoms with Crippen molar-refractivity contribution >= 4 is 5.91 Å². The first kappa shape index (κ1) is 14.8. The average Bonchev–Trinajstić information content (AvgIpc) is 2.86. The van der Waals surface area contributed by atoms with Crippen molar-refractivity contribution in [1.82, 2.24) is 14.7 Å². The van der Waals surface area contributed by atoms with Gasteiger partial charge in [-0.25, -0.2) is 4.39 Å². The molecule has 0 bridgehead atoms. The lowest BCUT2D eigenvalue weighted by Gasteiger charge is -2.26. The molecule has 0 saturated carbocycles. The van der Waals surface area contributed by atoms with Crippen LogP contribution in [-0.4, -0.2) is 27.1 Å². The van der Waals surface area contributed by atoms with E-state index in [2.05, 4.69) is 6.92 Å². The Morgan fingerprint density at radius 1 is 1.32 bits per heavy atom. The largest absolute Gasteiger partial charge is 0.338 e. The van der Waals surface area contributed by atoms with Crippen LogP contribution in [0.1, 0.15) is 31.5 Å². The molecule has 5 heteroatoms. The zero-order chi connectivity index (χ0) is 15.7. The van der Waals surface area contributed by atoms with Gasteiger partial charge in [0.2, 0.25) is 5.91 Å². The van der Waals surface area contributed by atoms with Crippen molar-refractivity contribution in [3.63, 3.8) is 0 Å². The molecule has 0 spiro atoms. The van der Waals surface area contributed by atoms with Gasteiger partial charge in [0.05, 0.1) is 5.69 Å². The maximum absolute atomic E-state index is 13.2. The average molecular weight is 301 g/mol. The van der Waals surface area contributed by atoms with E-state index >= 15 is 0 Å². The number of nitrogens with zero attached hydrogens (tertiary/aromatic N) is 3. The quantitative estimate of drug-likeness (QED) is 0.874. The third-order valence-electron chi connectivity index (χ3n) is 4.13. The van der Waals surface area contributed by atoms with E-state index < -0.39 is 0 Å². The molecular formula is C17H20FN3O. The van der Waals surface area contributed by atoms with Crippen molar-refractivity contribution in [1.29, 1.82) is 0 Å². The Hall–Kier alpha value is -2.17. The third kappa shape index (κ3) is 2.63. The van der Waals surface area contributed by atoms with Gasteiger partial charge in [-0.05, 0) is 30.7 Å². The van der Waals surface area contributed by atoms with Gasteiger partial charge in [-0.2, -0.15) is 5.10 Å². The van der Waals surface area contributed by atoms with Gasteiger partial charge in [-0.15, -0.1) is 0 Å². The number of amides is 1. The van der Waals surface area contributed by atoms with E-state index in [0.717, 1.165) is 42.8 Å². The molecule has 0 saturated heterocycles. The van der Waals surface area contributed by atoms with Gasteiger partial charge in [0, 0.05) is 49.8 Å². The lowest BCUT2D eigenvalue weighted by Crippen LogP contribution is -2.34. The Balaban J connectivity index is 2.06. The monoisotopic (exact) mass is 301 g/mol. The Labute approximate surface area is 129 Å². The van der Waals surface area contributed by atoms with Crippen LogP contribution in [0, 0.1) is 5.82 Å². The summed E-state index contributed by atoms with van der Waals surface area (Å²) in [5.41, 5.74) is 4.08. The maximum Gasteiger partial charge on any atom is 0.219 e. The highest BCUT2D eigenvalue weighted by Gasteiger charge is 2.26. The molecule has 1 amide bonds. The molecule has 1 aliphatic heterocycles. The summed E-state index contributed by atoms with van der Waals surface area (Å²) in [6, 6.07) is 6.40. The summed E-state index contributed by atoms with van der Waals surface area (Å²) in [5, 5.41) is 4.73. The highest BCUT2D eigenvalue weighted by atomic mass is 19.1. The summed E-state index contributed by atoms with van der Waals surface area (Å²) >= 11 is 0. The highest BCUT2D eigenvalue weighted by Crippen LogP contribution is 2.30. The minimum Gasteiger partial charge on any atom is -0.338 e. The smallest absolute Gasteiger partial charge is 0.219 e. The molecule has 1 aromatic heterocycles. The molecule has 1 aromatic carbocycles. The summed E-state index contributed by atoms with van der Waals surface area (Å²) in [4.78, 5) is 13.5. The molecule has 0 atom stereocenters. The van der Waals surface area contributed by atoms with Gasteiger partial charge in [0.25, 0.3) is 0 Å². The molecule has 0 fully saturated rings. The molecule has 116 valence electrons. The summed E-state index contributed by atoms with van der Waals surface area (Å²) in [6.45, 7) is 5.90. The van der Waals surface area contributed by atoms with Crippen LogP contribution >= 0.6 is 0 Å². The minimum absolute atomic E-state index is 0.0824. The topological polar surface area (TPSA) is 38.1 Å². The van der Waals surface area contributed by atoms with Crippen LogP contribution in [0.5, 0.6) is 0 Å². The number of carbonyl (C=O) groups is 1. The molecule has 0 aliphatic carbocycles. The van der Waals surface area contributed by atoms with Crippen LogP contribution in [0.3, 0.4) is 0 Å². The standard InChI is InChI=1S/C17H20FN3O/c1-3-9-21-16-8-10-20(12(2)22)11-15(16)17(19-21)13-4-6-14(18)7-5-13/h4-7H,3,8-11H2,1-2H3. The maximum atomic E-state index is 13.2. The van der Waals surface area contributed by atoms with Gasteiger partial charge in [0.15, 0.2) is 0 Å². The number of benzene rings is 1. The van der Waals surface area contributed by atoms with Gasteiger partial charge >= 0.3 is 0 Å². The Morgan fingerprint density at radius 3 is 2.68 bits per heavy atom. The van der Waals surface area contributed by atoms with Crippen molar-refractivity contribution < 1.29 is 9.18 Å². The summed E-state index contributed by atoms with van der Waals surface area (Å²) in [6.07, 6.45) is 1.83. The van der Waals surface area contributed by atoms with E-state index in [4.69, 9.17) is 5.10 Å². The number of halogens is 1. The highest BCUT2D eigenvalue weighted by molar-refractivity contribution is 5.74. The van der Waals surface area contributed by atoms with Crippen LogP contribution < -0.4 is 0 Å². The lowest BCUT2D eigenvalue weighted by atomic mass is 10.0. The fourth-order valence-electron chi connectivity index (χ4n) is 3.00. The number of carbonyl (C=O) groups excluding carboxylic acids is 1. The molecule has 2 aromatic rings. The Morgan fingerprint density at radius 2 is 2.05 bits per heavy atom. The van der Waals surface area contributed by atoms with Gasteiger partial charge in [0.1, 0.15) is 5.82 Å². The van der Waals surface area contributed by atoms with Crippen molar-refractivity contribution in [2.45, 2.75) is 39.8 Å². The molecule has 0 unspecified atom stereocenters. The molecule has 0 N–H and O–H groups in total. The molecule has 3 rings (SSSR count). The number of hydrogen-bond donors (Lipinski definition) is 0. The molecule has 0 radical (unpaired) electrons. The van der Waals surface area contributed by atoms with E-state index in [1.165, 1.54) is 17.8 Å². The second-order valence-electron chi connectivity index (χ2n) is 5.69. The number of aromatic nitrogens is 2. The van der Waals surface area contributed by atoms with Crippen LogP contribution in [0.2, 0.25) is 0 Å². The zero-order valence-corrected chi connectivity index (χ0v) is 13.0. The predicted octanol–water partition coefficient (Wildman–Crippen LogP) is 3.00.